The fourth-order valence-corrected chi connectivity index (χ4v) is 3.60. The number of nitrogens with zero attached hydrogens (tertiary/aromatic N) is 3. The van der Waals surface area contributed by atoms with Crippen molar-refractivity contribution in [3.05, 3.63) is 107 Å². The molecule has 0 saturated carbocycles. The van der Waals surface area contributed by atoms with Crippen LogP contribution in [-0.4, -0.2) is 20.5 Å². The van der Waals surface area contributed by atoms with E-state index in [0.717, 1.165) is 22.0 Å². The predicted molar refractivity (Wildman–Crippen MR) is 116 cm³/mol. The average Bonchev–Trinajstić information content (AvgIpc) is 3.41. The summed E-state index contributed by atoms with van der Waals surface area (Å²) in [6.07, 6.45) is 1.98. The number of hydrogen-bond acceptors (Lipinski definition) is 4. The van der Waals surface area contributed by atoms with Gasteiger partial charge in [0.1, 0.15) is 0 Å². The van der Waals surface area contributed by atoms with Crippen LogP contribution in [0.2, 0.25) is 5.02 Å². The molecular formula is C24H16ClN3O2. The van der Waals surface area contributed by atoms with Crippen molar-refractivity contribution >= 4 is 28.3 Å². The van der Waals surface area contributed by atoms with Crippen LogP contribution in [0.5, 0.6) is 0 Å². The van der Waals surface area contributed by atoms with Crippen LogP contribution in [0.1, 0.15) is 21.8 Å². The van der Waals surface area contributed by atoms with Gasteiger partial charge in [-0.3, -0.25) is 4.79 Å². The second-order valence-electron chi connectivity index (χ2n) is 6.92. The molecule has 2 heterocycles. The number of carbonyl (C=O) groups excluding carboxylic acids is 1. The molecule has 0 spiro atoms. The standard InChI is InChI=1S/C24H16ClN3O2/c25-18-12-10-16(11-13-18)14-28-15-20(19-8-4-5-9-21(19)28)23-26-27-24(30-23)22(29)17-6-2-1-3-7-17/h1-13,15H,14H2. The molecule has 0 fully saturated rings. The van der Waals surface area contributed by atoms with E-state index in [1.165, 1.54) is 0 Å². The van der Waals surface area contributed by atoms with Gasteiger partial charge in [0.2, 0.25) is 11.7 Å². The lowest BCUT2D eigenvalue weighted by molar-refractivity contribution is 0.100. The van der Waals surface area contributed by atoms with Gasteiger partial charge in [0.25, 0.3) is 5.89 Å². The Morgan fingerprint density at radius 1 is 0.900 bits per heavy atom. The molecule has 0 unspecified atom stereocenters. The number of carbonyl (C=O) groups is 1. The number of benzene rings is 3. The van der Waals surface area contributed by atoms with Gasteiger partial charge in [-0.1, -0.05) is 72.3 Å². The summed E-state index contributed by atoms with van der Waals surface area (Å²) in [5, 5.41) is 9.82. The summed E-state index contributed by atoms with van der Waals surface area (Å²) in [5.41, 5.74) is 3.46. The van der Waals surface area contributed by atoms with E-state index in [9.17, 15) is 4.79 Å². The molecule has 5 rings (SSSR count). The van der Waals surface area contributed by atoms with E-state index in [1.54, 1.807) is 24.3 Å². The van der Waals surface area contributed by atoms with Crippen molar-refractivity contribution < 1.29 is 9.21 Å². The van der Waals surface area contributed by atoms with Crippen molar-refractivity contribution in [1.29, 1.82) is 0 Å². The minimum Gasteiger partial charge on any atom is -0.413 e. The molecule has 5 nitrogen and oxygen atoms in total. The molecule has 5 aromatic rings. The van der Waals surface area contributed by atoms with Crippen molar-refractivity contribution in [1.82, 2.24) is 14.8 Å². The summed E-state index contributed by atoms with van der Waals surface area (Å²) in [6, 6.07) is 24.7. The number of ketones is 1. The average molecular weight is 414 g/mol. The Kier molecular flexibility index (Phi) is 4.65. The summed E-state index contributed by atoms with van der Waals surface area (Å²) in [6.45, 7) is 0.668. The van der Waals surface area contributed by atoms with Gasteiger partial charge in [0.15, 0.2) is 0 Å². The van der Waals surface area contributed by atoms with Crippen LogP contribution < -0.4 is 0 Å². The first-order valence-electron chi connectivity index (χ1n) is 9.45. The smallest absolute Gasteiger partial charge is 0.289 e. The maximum atomic E-state index is 12.6. The summed E-state index contributed by atoms with van der Waals surface area (Å²) in [4.78, 5) is 12.6. The first-order chi connectivity index (χ1) is 14.7. The summed E-state index contributed by atoms with van der Waals surface area (Å²) in [7, 11) is 0. The van der Waals surface area contributed by atoms with Crippen LogP contribution in [0, 0.1) is 0 Å². The van der Waals surface area contributed by atoms with Gasteiger partial charge < -0.3 is 8.98 Å². The molecule has 0 saturated heterocycles. The van der Waals surface area contributed by atoms with Gasteiger partial charge in [-0.05, 0) is 23.8 Å². The van der Waals surface area contributed by atoms with Gasteiger partial charge >= 0.3 is 0 Å². The van der Waals surface area contributed by atoms with Gasteiger partial charge in [-0.2, -0.15) is 0 Å². The zero-order valence-electron chi connectivity index (χ0n) is 15.8. The molecule has 3 aromatic carbocycles. The fraction of sp³-hybridized carbons (Fsp3) is 0.0417. The zero-order valence-corrected chi connectivity index (χ0v) is 16.6. The molecule has 0 bridgehead atoms. The Hall–Kier alpha value is -3.70. The fourth-order valence-electron chi connectivity index (χ4n) is 3.47. The lowest BCUT2D eigenvalue weighted by atomic mass is 10.1. The first-order valence-corrected chi connectivity index (χ1v) is 9.83. The normalized spacial score (nSPS) is 11.1. The Balaban J connectivity index is 1.53. The van der Waals surface area contributed by atoms with Gasteiger partial charge in [0.05, 0.1) is 5.56 Å². The number of aromatic nitrogens is 3. The topological polar surface area (TPSA) is 60.9 Å². The third-order valence-corrected chi connectivity index (χ3v) is 5.19. The Labute approximate surface area is 177 Å². The highest BCUT2D eigenvalue weighted by Gasteiger charge is 2.20. The summed E-state index contributed by atoms with van der Waals surface area (Å²) >= 11 is 6.00. The maximum Gasteiger partial charge on any atom is 0.289 e. The largest absolute Gasteiger partial charge is 0.413 e. The van der Waals surface area contributed by atoms with Crippen molar-refractivity contribution in [2.24, 2.45) is 0 Å². The molecule has 0 aliphatic carbocycles. The van der Waals surface area contributed by atoms with E-state index in [0.29, 0.717) is 23.0 Å². The molecule has 6 heteroatoms. The lowest BCUT2D eigenvalue weighted by Gasteiger charge is -2.05. The van der Waals surface area contributed by atoms with E-state index < -0.39 is 0 Å². The first kappa shape index (κ1) is 18.3. The highest BCUT2D eigenvalue weighted by atomic mass is 35.5. The van der Waals surface area contributed by atoms with E-state index in [4.69, 9.17) is 16.0 Å². The van der Waals surface area contributed by atoms with Crippen molar-refractivity contribution in [2.45, 2.75) is 6.54 Å². The highest BCUT2D eigenvalue weighted by Crippen LogP contribution is 2.30. The van der Waals surface area contributed by atoms with Gasteiger partial charge in [-0.15, -0.1) is 10.2 Å². The van der Waals surface area contributed by atoms with E-state index in [-0.39, 0.29) is 11.7 Å². The van der Waals surface area contributed by atoms with Gasteiger partial charge in [-0.25, -0.2) is 0 Å². The van der Waals surface area contributed by atoms with Gasteiger partial charge in [0, 0.05) is 34.2 Å². The molecule has 0 radical (unpaired) electrons. The second kappa shape index (κ2) is 7.61. The molecule has 0 N–H and O–H groups in total. The van der Waals surface area contributed by atoms with Crippen LogP contribution in [0.25, 0.3) is 22.4 Å². The third kappa shape index (κ3) is 3.40. The van der Waals surface area contributed by atoms with Crippen molar-refractivity contribution in [2.75, 3.05) is 0 Å². The molecule has 30 heavy (non-hydrogen) atoms. The number of hydrogen-bond donors (Lipinski definition) is 0. The Morgan fingerprint density at radius 3 is 2.43 bits per heavy atom. The molecule has 2 aromatic heterocycles. The molecule has 146 valence electrons. The van der Waals surface area contributed by atoms with E-state index in [1.807, 2.05) is 60.8 Å². The summed E-state index contributed by atoms with van der Waals surface area (Å²) < 4.78 is 7.89. The maximum absolute atomic E-state index is 12.6. The van der Waals surface area contributed by atoms with Crippen LogP contribution in [0.4, 0.5) is 0 Å². The predicted octanol–water partition coefficient (Wildman–Crippen LogP) is 5.62. The van der Waals surface area contributed by atoms with Crippen molar-refractivity contribution in [3.63, 3.8) is 0 Å². The minimum absolute atomic E-state index is 0.0225. The molecule has 0 aliphatic rings. The van der Waals surface area contributed by atoms with Crippen LogP contribution >= 0.6 is 11.6 Å². The monoisotopic (exact) mass is 413 g/mol. The quantitative estimate of drug-likeness (QED) is 0.350. The number of rotatable bonds is 5. The highest BCUT2D eigenvalue weighted by molar-refractivity contribution is 6.30. The number of halogens is 1. The molecule has 0 amide bonds. The lowest BCUT2D eigenvalue weighted by Crippen LogP contribution is -2.00. The Morgan fingerprint density at radius 2 is 1.63 bits per heavy atom. The molecule has 0 aliphatic heterocycles. The van der Waals surface area contributed by atoms with E-state index >= 15 is 0 Å². The zero-order chi connectivity index (χ0) is 20.5. The van der Waals surface area contributed by atoms with E-state index in [2.05, 4.69) is 14.8 Å². The second-order valence-corrected chi connectivity index (χ2v) is 7.36. The number of para-hydroxylation sites is 1. The van der Waals surface area contributed by atoms with Crippen LogP contribution in [-0.2, 0) is 6.54 Å². The molecule has 0 atom stereocenters. The van der Waals surface area contributed by atoms with Crippen LogP contribution in [0.15, 0.2) is 89.5 Å². The molecular weight excluding hydrogens is 398 g/mol. The number of fused-ring (bicyclic) bond motifs is 1. The Bertz CT molecular complexity index is 1340. The third-order valence-electron chi connectivity index (χ3n) is 4.94. The van der Waals surface area contributed by atoms with Crippen molar-refractivity contribution in [3.8, 4) is 11.5 Å². The minimum atomic E-state index is -0.292. The van der Waals surface area contributed by atoms with Crippen LogP contribution in [0.3, 0.4) is 0 Å². The summed E-state index contributed by atoms with van der Waals surface area (Å²) in [5.74, 6) is 0.00493. The SMILES string of the molecule is O=C(c1ccccc1)c1nnc(-c2cn(Cc3ccc(Cl)cc3)c3ccccc23)o1.